The third kappa shape index (κ3) is 2.11. The van der Waals surface area contributed by atoms with E-state index in [-0.39, 0.29) is 18.4 Å². The molecule has 0 aromatic heterocycles. The molecule has 1 rings (SSSR count). The summed E-state index contributed by atoms with van der Waals surface area (Å²) in [7, 11) is 1.32. The first-order valence-electron chi connectivity index (χ1n) is 5.15. The number of carbonyl (C=O) groups is 1. The number of rotatable bonds is 3. The first-order valence-corrected chi connectivity index (χ1v) is 5.15. The molecule has 0 amide bonds. The molecule has 16 heavy (non-hydrogen) atoms. The number of hydrogen-bond donors (Lipinski definition) is 2. The molecule has 92 valence electrons. The molecule has 1 fully saturated rings. The van der Waals surface area contributed by atoms with Crippen molar-refractivity contribution in [2.75, 3.05) is 7.11 Å². The van der Waals surface area contributed by atoms with Crippen molar-refractivity contribution < 1.29 is 24.5 Å². The van der Waals surface area contributed by atoms with Crippen molar-refractivity contribution >= 4 is 5.97 Å². The Kier molecular flexibility index (Phi) is 3.72. The van der Waals surface area contributed by atoms with Crippen LogP contribution in [-0.2, 0) is 14.3 Å². The molecule has 1 saturated heterocycles. The average molecular weight is 230 g/mol. The first kappa shape index (κ1) is 13.2. The summed E-state index contributed by atoms with van der Waals surface area (Å²) in [5.74, 6) is -2.77. The number of methoxy groups -OCH3 is 1. The third-order valence-corrected chi connectivity index (χ3v) is 3.20. The number of aliphatic hydroxyl groups is 1. The van der Waals surface area contributed by atoms with Gasteiger partial charge in [0.15, 0.2) is 0 Å². The van der Waals surface area contributed by atoms with Crippen LogP contribution in [0.2, 0.25) is 0 Å². The average Bonchev–Trinajstić information content (AvgIpc) is 2.24. The van der Waals surface area contributed by atoms with Crippen molar-refractivity contribution in [1.82, 2.24) is 0 Å². The van der Waals surface area contributed by atoms with Gasteiger partial charge in [0.1, 0.15) is 0 Å². The van der Waals surface area contributed by atoms with Gasteiger partial charge in [-0.15, -0.1) is 0 Å². The van der Waals surface area contributed by atoms with E-state index in [0.717, 1.165) is 5.57 Å². The van der Waals surface area contributed by atoms with Gasteiger partial charge in [0.2, 0.25) is 11.9 Å². The molecule has 0 spiro atoms. The van der Waals surface area contributed by atoms with Gasteiger partial charge in [-0.2, -0.15) is 0 Å². The van der Waals surface area contributed by atoms with Gasteiger partial charge in [0.05, 0.1) is 6.10 Å². The zero-order valence-corrected chi connectivity index (χ0v) is 9.77. The Hall–Kier alpha value is -0.910. The summed E-state index contributed by atoms with van der Waals surface area (Å²) in [6.45, 7) is 7.61. The fraction of sp³-hybridized carbons (Fsp3) is 0.727. The molecule has 0 bridgehead atoms. The van der Waals surface area contributed by atoms with Gasteiger partial charge >= 0.3 is 5.97 Å². The van der Waals surface area contributed by atoms with Crippen LogP contribution < -0.4 is 0 Å². The van der Waals surface area contributed by atoms with Crippen LogP contribution in [0.15, 0.2) is 12.2 Å². The lowest BCUT2D eigenvalue weighted by atomic mass is 9.86. The Balaban J connectivity index is 2.97. The van der Waals surface area contributed by atoms with E-state index in [9.17, 15) is 9.90 Å². The van der Waals surface area contributed by atoms with E-state index in [1.807, 2.05) is 6.92 Å². The second-order valence-corrected chi connectivity index (χ2v) is 4.20. The number of carboxylic acid groups (broad SMARTS) is 1. The Labute approximate surface area is 94.7 Å². The molecule has 1 aliphatic heterocycles. The predicted octanol–water partition coefficient (Wildman–Crippen LogP) is 0.776. The molecule has 4 atom stereocenters. The van der Waals surface area contributed by atoms with Gasteiger partial charge in [0, 0.05) is 19.4 Å². The summed E-state index contributed by atoms with van der Waals surface area (Å²) in [4.78, 5) is 10.8. The van der Waals surface area contributed by atoms with Crippen LogP contribution in [-0.4, -0.2) is 41.3 Å². The Morgan fingerprint density at radius 1 is 1.69 bits per heavy atom. The molecule has 1 aliphatic rings. The van der Waals surface area contributed by atoms with E-state index < -0.39 is 17.9 Å². The lowest BCUT2D eigenvalue weighted by Gasteiger charge is -2.44. The predicted molar refractivity (Wildman–Crippen MR) is 56.9 cm³/mol. The minimum atomic E-state index is -1.72. The number of hydrogen-bond acceptors (Lipinski definition) is 4. The van der Waals surface area contributed by atoms with E-state index in [4.69, 9.17) is 14.6 Å². The minimum Gasteiger partial charge on any atom is -0.479 e. The Morgan fingerprint density at radius 2 is 2.25 bits per heavy atom. The van der Waals surface area contributed by atoms with Crippen molar-refractivity contribution in [3.05, 3.63) is 12.2 Å². The van der Waals surface area contributed by atoms with Gasteiger partial charge in [-0.25, -0.2) is 4.79 Å². The molecule has 5 nitrogen and oxygen atoms in total. The molecule has 1 heterocycles. The highest BCUT2D eigenvalue weighted by molar-refractivity contribution is 5.73. The highest BCUT2D eigenvalue weighted by atomic mass is 16.7. The fourth-order valence-corrected chi connectivity index (χ4v) is 1.85. The topological polar surface area (TPSA) is 76.0 Å². The van der Waals surface area contributed by atoms with Crippen LogP contribution in [0.3, 0.4) is 0 Å². The molecular weight excluding hydrogens is 212 g/mol. The lowest BCUT2D eigenvalue weighted by Crippen LogP contribution is -2.56. The zero-order chi connectivity index (χ0) is 12.5. The van der Waals surface area contributed by atoms with Crippen molar-refractivity contribution in [2.45, 2.75) is 38.3 Å². The van der Waals surface area contributed by atoms with E-state index in [2.05, 4.69) is 6.58 Å². The highest BCUT2D eigenvalue weighted by Crippen LogP contribution is 2.38. The summed E-state index contributed by atoms with van der Waals surface area (Å²) >= 11 is 0. The van der Waals surface area contributed by atoms with E-state index in [1.165, 1.54) is 7.11 Å². The fourth-order valence-electron chi connectivity index (χ4n) is 1.85. The third-order valence-electron chi connectivity index (χ3n) is 3.20. The molecule has 5 heteroatoms. The molecule has 0 aliphatic carbocycles. The largest absolute Gasteiger partial charge is 0.479 e. The zero-order valence-electron chi connectivity index (χ0n) is 9.77. The van der Waals surface area contributed by atoms with Crippen molar-refractivity contribution in [1.29, 1.82) is 0 Å². The number of aliphatic hydroxyl groups excluding tert-OH is 1. The summed E-state index contributed by atoms with van der Waals surface area (Å²) in [6, 6.07) is 0. The number of aliphatic carboxylic acids is 1. The summed E-state index contributed by atoms with van der Waals surface area (Å²) in [5.41, 5.74) is 0.820. The first-order chi connectivity index (χ1) is 7.34. The Morgan fingerprint density at radius 3 is 2.62 bits per heavy atom. The maximum atomic E-state index is 10.8. The van der Waals surface area contributed by atoms with Crippen molar-refractivity contribution in [2.24, 2.45) is 5.92 Å². The number of carboxylic acids is 1. The van der Waals surface area contributed by atoms with E-state index >= 15 is 0 Å². The van der Waals surface area contributed by atoms with E-state index in [0.29, 0.717) is 0 Å². The van der Waals surface area contributed by atoms with E-state index in [1.54, 1.807) is 6.92 Å². The molecular formula is C11H18O5. The van der Waals surface area contributed by atoms with Gasteiger partial charge in [-0.05, 0) is 6.92 Å². The van der Waals surface area contributed by atoms with Gasteiger partial charge in [-0.1, -0.05) is 19.1 Å². The molecule has 0 aromatic rings. The van der Waals surface area contributed by atoms with Gasteiger partial charge in [0.25, 0.3) is 0 Å². The lowest BCUT2D eigenvalue weighted by molar-refractivity contribution is -0.300. The van der Waals surface area contributed by atoms with Gasteiger partial charge < -0.3 is 19.7 Å². The highest BCUT2D eigenvalue weighted by Gasteiger charge is 2.49. The number of ether oxygens (including phenoxy) is 2. The quantitative estimate of drug-likeness (QED) is 0.700. The van der Waals surface area contributed by atoms with Crippen molar-refractivity contribution in [3.8, 4) is 0 Å². The second kappa shape index (κ2) is 4.53. The van der Waals surface area contributed by atoms with Crippen LogP contribution in [0.4, 0.5) is 0 Å². The maximum Gasteiger partial charge on any atom is 0.338 e. The molecule has 2 N–H and O–H groups in total. The maximum absolute atomic E-state index is 10.8. The minimum absolute atomic E-state index is 0.115. The Bertz CT molecular complexity index is 301. The normalized spacial score (nSPS) is 37.1. The summed E-state index contributed by atoms with van der Waals surface area (Å²) < 4.78 is 10.6. The smallest absolute Gasteiger partial charge is 0.338 e. The van der Waals surface area contributed by atoms with Crippen LogP contribution in [0.1, 0.15) is 20.3 Å². The van der Waals surface area contributed by atoms with Gasteiger partial charge in [-0.3, -0.25) is 0 Å². The van der Waals surface area contributed by atoms with Crippen LogP contribution in [0, 0.1) is 5.92 Å². The second-order valence-electron chi connectivity index (χ2n) is 4.20. The SMILES string of the molecule is C=C1CC(OC)(C(O)C(=O)O)OC(C)C1C. The monoisotopic (exact) mass is 230 g/mol. The molecule has 0 saturated carbocycles. The van der Waals surface area contributed by atoms with Crippen molar-refractivity contribution in [3.63, 3.8) is 0 Å². The standard InChI is InChI=1S/C11H18O5/c1-6-5-11(15-4,9(12)10(13)14)16-8(3)7(6)2/h7-9,12H,1,5H2,2-4H3,(H,13,14). The van der Waals surface area contributed by atoms with Crippen LogP contribution in [0.5, 0.6) is 0 Å². The molecule has 0 aromatic carbocycles. The molecule has 0 radical (unpaired) electrons. The van der Waals surface area contributed by atoms with Crippen LogP contribution in [0.25, 0.3) is 0 Å². The summed E-state index contributed by atoms with van der Waals surface area (Å²) in [5, 5.41) is 18.5. The summed E-state index contributed by atoms with van der Waals surface area (Å²) in [6.07, 6.45) is -1.78. The molecule has 4 unspecified atom stereocenters. The van der Waals surface area contributed by atoms with Crippen LogP contribution >= 0.6 is 0 Å².